The molecule has 0 spiro atoms. The van der Waals surface area contributed by atoms with E-state index in [4.69, 9.17) is 4.74 Å². The summed E-state index contributed by atoms with van der Waals surface area (Å²) in [6.07, 6.45) is 1.60. The van der Waals surface area contributed by atoms with Gasteiger partial charge in [0.05, 0.1) is 10.7 Å². The minimum atomic E-state index is -0.248. The van der Waals surface area contributed by atoms with Gasteiger partial charge in [0.2, 0.25) is 0 Å². The Labute approximate surface area is 202 Å². The second kappa shape index (κ2) is 10.1. The Kier molecular flexibility index (Phi) is 6.99. The molecule has 4 aromatic rings. The van der Waals surface area contributed by atoms with Gasteiger partial charge in [-0.25, -0.2) is 5.43 Å². The maximum atomic E-state index is 12.1. The predicted octanol–water partition coefficient (Wildman–Crippen LogP) is 6.55. The fourth-order valence-corrected chi connectivity index (χ4v) is 3.99. The Balaban J connectivity index is 1.39. The number of nitrogens with one attached hydrogen (secondary N) is 1. The maximum Gasteiger partial charge on any atom is 0.271 e. The summed E-state index contributed by atoms with van der Waals surface area (Å²) in [4.78, 5) is 12.1. The number of halogens is 2. The molecule has 0 aliphatic rings. The van der Waals surface area contributed by atoms with Crippen LogP contribution in [0.5, 0.6) is 5.75 Å². The van der Waals surface area contributed by atoms with E-state index in [0.29, 0.717) is 12.2 Å². The molecule has 0 atom stereocenters. The maximum absolute atomic E-state index is 12.1. The molecule has 0 aliphatic heterocycles. The topological polar surface area (TPSA) is 50.7 Å². The highest BCUT2D eigenvalue weighted by Crippen LogP contribution is 2.27. The van der Waals surface area contributed by atoms with Gasteiger partial charge >= 0.3 is 0 Å². The first kappa shape index (κ1) is 21.5. The Morgan fingerprint density at radius 3 is 2.58 bits per heavy atom. The third-order valence-electron chi connectivity index (χ3n) is 4.71. The van der Waals surface area contributed by atoms with E-state index in [1.165, 1.54) is 10.8 Å². The van der Waals surface area contributed by atoms with Crippen molar-refractivity contribution in [2.45, 2.75) is 6.61 Å². The van der Waals surface area contributed by atoms with Gasteiger partial charge in [0.25, 0.3) is 5.91 Å². The third-order valence-corrected chi connectivity index (χ3v) is 6.04. The van der Waals surface area contributed by atoms with E-state index in [1.807, 2.05) is 48.5 Å². The number of rotatable bonds is 6. The van der Waals surface area contributed by atoms with Crippen molar-refractivity contribution < 1.29 is 9.53 Å². The van der Waals surface area contributed by atoms with Crippen LogP contribution in [0.1, 0.15) is 21.5 Å². The Bertz CT molecular complexity index is 1250. The van der Waals surface area contributed by atoms with Crippen molar-refractivity contribution >= 4 is 61.4 Å². The molecule has 31 heavy (non-hydrogen) atoms. The molecule has 6 heteroatoms. The van der Waals surface area contributed by atoms with Crippen molar-refractivity contribution in [2.24, 2.45) is 5.10 Å². The fourth-order valence-electron chi connectivity index (χ4n) is 3.12. The third kappa shape index (κ3) is 5.51. The molecule has 0 unspecified atom stereocenters. The van der Waals surface area contributed by atoms with Gasteiger partial charge in [0.1, 0.15) is 12.4 Å². The van der Waals surface area contributed by atoms with Crippen LogP contribution in [-0.4, -0.2) is 12.1 Å². The van der Waals surface area contributed by atoms with E-state index in [-0.39, 0.29) is 5.91 Å². The van der Waals surface area contributed by atoms with Crippen LogP contribution in [-0.2, 0) is 6.61 Å². The number of hydrogen-bond donors (Lipinski definition) is 1. The molecule has 0 heterocycles. The van der Waals surface area contributed by atoms with E-state index in [2.05, 4.69) is 73.3 Å². The molecule has 0 aliphatic carbocycles. The second-order valence-electron chi connectivity index (χ2n) is 6.82. The largest absolute Gasteiger partial charge is 0.488 e. The van der Waals surface area contributed by atoms with Crippen LogP contribution in [0, 0.1) is 3.57 Å². The highest BCUT2D eigenvalue weighted by atomic mass is 127. The van der Waals surface area contributed by atoms with Crippen molar-refractivity contribution in [1.82, 2.24) is 5.43 Å². The highest BCUT2D eigenvalue weighted by Gasteiger charge is 2.06. The molecule has 4 aromatic carbocycles. The summed E-state index contributed by atoms with van der Waals surface area (Å²) in [6.45, 7) is 0.472. The first-order valence-corrected chi connectivity index (χ1v) is 11.5. The van der Waals surface area contributed by atoms with Crippen molar-refractivity contribution in [3.63, 3.8) is 0 Å². The normalized spacial score (nSPS) is 11.0. The van der Waals surface area contributed by atoms with Crippen LogP contribution < -0.4 is 10.2 Å². The van der Waals surface area contributed by atoms with E-state index >= 15 is 0 Å². The van der Waals surface area contributed by atoms with Crippen molar-refractivity contribution in [3.05, 3.63) is 110 Å². The number of ether oxygens (including phenoxy) is 1. The van der Waals surface area contributed by atoms with Crippen molar-refractivity contribution in [3.8, 4) is 5.75 Å². The van der Waals surface area contributed by atoms with Crippen LogP contribution in [0.25, 0.3) is 10.8 Å². The molecular weight excluding hydrogens is 567 g/mol. The molecular formula is C25H18BrIN2O2. The van der Waals surface area contributed by atoms with Gasteiger partial charge in [-0.2, -0.15) is 5.10 Å². The van der Waals surface area contributed by atoms with E-state index in [0.717, 1.165) is 24.9 Å². The summed E-state index contributed by atoms with van der Waals surface area (Å²) in [5.41, 5.74) is 5.09. The van der Waals surface area contributed by atoms with Gasteiger partial charge in [-0.15, -0.1) is 0 Å². The molecule has 4 rings (SSSR count). The molecule has 0 aromatic heterocycles. The number of carbonyl (C=O) groups is 1. The van der Waals surface area contributed by atoms with Crippen LogP contribution in [0.2, 0.25) is 0 Å². The molecule has 1 N–H and O–H groups in total. The standard InChI is InChI=1S/C25H18BrIN2O2/c26-23-14-17(15-28-29-25(30)19-9-11-21(27)12-10-19)8-13-24(23)31-16-20-6-3-5-18-4-1-2-7-22(18)20/h1-15H,16H2,(H,29,30)/b28-15-. The van der Waals surface area contributed by atoms with E-state index in [1.54, 1.807) is 18.3 Å². The van der Waals surface area contributed by atoms with Gasteiger partial charge in [0.15, 0.2) is 0 Å². The SMILES string of the molecule is O=C(N/N=C\c1ccc(OCc2cccc3ccccc23)c(Br)c1)c1ccc(I)cc1. The Morgan fingerprint density at radius 2 is 1.77 bits per heavy atom. The molecule has 0 bridgehead atoms. The Morgan fingerprint density at radius 1 is 1.00 bits per heavy atom. The molecule has 154 valence electrons. The monoisotopic (exact) mass is 584 g/mol. The summed E-state index contributed by atoms with van der Waals surface area (Å²) in [5, 5.41) is 6.44. The van der Waals surface area contributed by atoms with Gasteiger partial charge < -0.3 is 4.74 Å². The number of nitrogens with zero attached hydrogens (tertiary/aromatic N) is 1. The number of carbonyl (C=O) groups excluding carboxylic acids is 1. The average Bonchev–Trinajstić information content (AvgIpc) is 2.79. The number of benzene rings is 4. The molecule has 0 saturated carbocycles. The second-order valence-corrected chi connectivity index (χ2v) is 8.92. The highest BCUT2D eigenvalue weighted by molar-refractivity contribution is 14.1. The predicted molar refractivity (Wildman–Crippen MR) is 137 cm³/mol. The lowest BCUT2D eigenvalue weighted by atomic mass is 10.1. The minimum absolute atomic E-state index is 0.248. The lowest BCUT2D eigenvalue weighted by molar-refractivity contribution is 0.0955. The van der Waals surface area contributed by atoms with Crippen LogP contribution >= 0.6 is 38.5 Å². The zero-order valence-corrected chi connectivity index (χ0v) is 20.1. The summed E-state index contributed by atoms with van der Waals surface area (Å²) in [5.74, 6) is 0.495. The molecule has 0 fully saturated rings. The van der Waals surface area contributed by atoms with Gasteiger partial charge in [-0.1, -0.05) is 42.5 Å². The molecule has 0 radical (unpaired) electrons. The van der Waals surface area contributed by atoms with Crippen molar-refractivity contribution in [2.75, 3.05) is 0 Å². The zero-order valence-electron chi connectivity index (χ0n) is 16.4. The quantitative estimate of drug-likeness (QED) is 0.159. The first-order chi connectivity index (χ1) is 15.1. The molecule has 0 saturated heterocycles. The van der Waals surface area contributed by atoms with Crippen LogP contribution in [0.15, 0.2) is 94.5 Å². The van der Waals surface area contributed by atoms with Crippen molar-refractivity contribution in [1.29, 1.82) is 0 Å². The molecule has 4 nitrogen and oxygen atoms in total. The minimum Gasteiger partial charge on any atom is -0.488 e. The smallest absolute Gasteiger partial charge is 0.271 e. The number of amides is 1. The number of hydrazone groups is 1. The van der Waals surface area contributed by atoms with Gasteiger partial charge in [-0.3, -0.25) is 4.79 Å². The van der Waals surface area contributed by atoms with E-state index < -0.39 is 0 Å². The lowest BCUT2D eigenvalue weighted by Gasteiger charge is -2.11. The fraction of sp³-hybridized carbons (Fsp3) is 0.0400. The number of fused-ring (bicyclic) bond motifs is 1. The lowest BCUT2D eigenvalue weighted by Crippen LogP contribution is -2.17. The van der Waals surface area contributed by atoms with Gasteiger partial charge in [0, 0.05) is 9.13 Å². The summed E-state index contributed by atoms with van der Waals surface area (Å²) in [7, 11) is 0. The summed E-state index contributed by atoms with van der Waals surface area (Å²) >= 11 is 5.76. The Hall–Kier alpha value is -2.71. The van der Waals surface area contributed by atoms with Crippen LogP contribution in [0.3, 0.4) is 0 Å². The summed E-state index contributed by atoms with van der Waals surface area (Å²) in [6, 6.07) is 27.5. The van der Waals surface area contributed by atoms with Gasteiger partial charge in [-0.05, 0) is 103 Å². The molecule has 1 amide bonds. The first-order valence-electron chi connectivity index (χ1n) is 9.58. The summed E-state index contributed by atoms with van der Waals surface area (Å²) < 4.78 is 7.93. The number of hydrogen-bond acceptors (Lipinski definition) is 3. The average molecular weight is 585 g/mol. The van der Waals surface area contributed by atoms with Crippen LogP contribution in [0.4, 0.5) is 0 Å². The van der Waals surface area contributed by atoms with E-state index in [9.17, 15) is 4.79 Å². The zero-order chi connectivity index (χ0) is 21.6.